The van der Waals surface area contributed by atoms with Crippen molar-refractivity contribution < 1.29 is 9.32 Å². The minimum Gasteiger partial charge on any atom is -0.337 e. The Morgan fingerprint density at radius 1 is 1.19 bits per heavy atom. The van der Waals surface area contributed by atoms with Gasteiger partial charge in [-0.25, -0.2) is 0 Å². The van der Waals surface area contributed by atoms with E-state index in [1.165, 1.54) is 19.3 Å². The van der Waals surface area contributed by atoms with Crippen LogP contribution >= 0.6 is 0 Å². The first-order chi connectivity index (χ1) is 10.3. The van der Waals surface area contributed by atoms with E-state index in [-0.39, 0.29) is 17.8 Å². The summed E-state index contributed by atoms with van der Waals surface area (Å²) in [7, 11) is 0. The van der Waals surface area contributed by atoms with Gasteiger partial charge in [0.2, 0.25) is 5.89 Å². The molecule has 3 heterocycles. The molecule has 1 N–H and O–H groups in total. The van der Waals surface area contributed by atoms with Gasteiger partial charge in [0.15, 0.2) is 0 Å². The average molecular weight is 290 g/mol. The van der Waals surface area contributed by atoms with Gasteiger partial charge in [-0.1, -0.05) is 11.6 Å². The van der Waals surface area contributed by atoms with E-state index >= 15 is 0 Å². The second-order valence-corrected chi connectivity index (χ2v) is 6.50. The number of hydrogen-bond donors (Lipinski definition) is 1. The summed E-state index contributed by atoms with van der Waals surface area (Å²) >= 11 is 0. The number of likely N-dealkylation sites (tertiary alicyclic amines) is 1. The third-order valence-corrected chi connectivity index (χ3v) is 5.25. The van der Waals surface area contributed by atoms with Gasteiger partial charge in [-0.05, 0) is 51.0 Å². The van der Waals surface area contributed by atoms with Crippen LogP contribution < -0.4 is 5.32 Å². The molecule has 3 fully saturated rings. The Bertz CT molecular complexity index is 523. The van der Waals surface area contributed by atoms with Crippen molar-refractivity contribution in [3.63, 3.8) is 0 Å². The highest BCUT2D eigenvalue weighted by Crippen LogP contribution is 2.37. The van der Waals surface area contributed by atoms with E-state index in [9.17, 15) is 4.79 Å². The highest BCUT2D eigenvalue weighted by Gasteiger charge is 2.39. The molecule has 21 heavy (non-hydrogen) atoms. The molecule has 6 heteroatoms. The van der Waals surface area contributed by atoms with E-state index in [0.29, 0.717) is 17.9 Å². The van der Waals surface area contributed by atoms with Gasteiger partial charge in [-0.2, -0.15) is 4.98 Å². The van der Waals surface area contributed by atoms with Crippen molar-refractivity contribution in [2.75, 3.05) is 13.1 Å². The number of rotatable bonds is 2. The molecule has 1 aromatic heterocycles. The summed E-state index contributed by atoms with van der Waals surface area (Å²) in [6.45, 7) is 1.82. The van der Waals surface area contributed by atoms with Crippen LogP contribution in [0.25, 0.3) is 0 Å². The molecule has 1 amide bonds. The molecule has 2 aliphatic heterocycles. The fourth-order valence-electron chi connectivity index (χ4n) is 4.19. The SMILES string of the molecule is O=C(c1noc(C2CCCN2)n1)N1CCCC2CCCC21. The molecule has 3 unspecified atom stereocenters. The van der Waals surface area contributed by atoms with Crippen molar-refractivity contribution >= 4 is 5.91 Å². The molecule has 0 aromatic carbocycles. The van der Waals surface area contributed by atoms with Crippen LogP contribution in [-0.2, 0) is 0 Å². The summed E-state index contributed by atoms with van der Waals surface area (Å²) < 4.78 is 5.30. The first-order valence-corrected chi connectivity index (χ1v) is 8.21. The Labute approximate surface area is 124 Å². The number of aromatic nitrogens is 2. The topological polar surface area (TPSA) is 71.3 Å². The molecule has 4 rings (SSSR count). The molecule has 1 aromatic rings. The predicted molar refractivity (Wildman–Crippen MR) is 75.7 cm³/mol. The van der Waals surface area contributed by atoms with Crippen LogP contribution in [-0.4, -0.2) is 40.1 Å². The smallest absolute Gasteiger partial charge is 0.295 e. The Hall–Kier alpha value is -1.43. The summed E-state index contributed by atoms with van der Waals surface area (Å²) in [4.78, 5) is 19.0. The van der Waals surface area contributed by atoms with Gasteiger partial charge in [0.05, 0.1) is 6.04 Å². The number of fused-ring (bicyclic) bond motifs is 1. The molecule has 0 radical (unpaired) electrons. The van der Waals surface area contributed by atoms with Crippen LogP contribution in [0.1, 0.15) is 67.5 Å². The third-order valence-electron chi connectivity index (χ3n) is 5.25. The summed E-state index contributed by atoms with van der Waals surface area (Å²) in [5.74, 6) is 1.45. The molecule has 0 spiro atoms. The van der Waals surface area contributed by atoms with Crippen molar-refractivity contribution in [2.45, 2.75) is 57.0 Å². The van der Waals surface area contributed by atoms with E-state index < -0.39 is 0 Å². The van der Waals surface area contributed by atoms with Crippen LogP contribution in [0, 0.1) is 5.92 Å². The first kappa shape index (κ1) is 13.2. The van der Waals surface area contributed by atoms with Crippen molar-refractivity contribution in [2.24, 2.45) is 5.92 Å². The van der Waals surface area contributed by atoms with Gasteiger partial charge in [0, 0.05) is 12.6 Å². The zero-order valence-electron chi connectivity index (χ0n) is 12.3. The van der Waals surface area contributed by atoms with E-state index in [1.807, 2.05) is 4.90 Å². The zero-order valence-corrected chi connectivity index (χ0v) is 12.3. The van der Waals surface area contributed by atoms with Gasteiger partial charge in [0.25, 0.3) is 11.7 Å². The summed E-state index contributed by atoms with van der Waals surface area (Å²) in [6, 6.07) is 0.525. The van der Waals surface area contributed by atoms with Gasteiger partial charge < -0.3 is 14.7 Å². The Morgan fingerprint density at radius 3 is 2.95 bits per heavy atom. The maximum absolute atomic E-state index is 12.7. The van der Waals surface area contributed by atoms with Crippen molar-refractivity contribution in [3.05, 3.63) is 11.7 Å². The van der Waals surface area contributed by atoms with E-state index in [4.69, 9.17) is 4.52 Å². The molecule has 6 nitrogen and oxygen atoms in total. The van der Waals surface area contributed by atoms with Gasteiger partial charge in [-0.15, -0.1) is 0 Å². The first-order valence-electron chi connectivity index (χ1n) is 8.21. The molecule has 114 valence electrons. The van der Waals surface area contributed by atoms with Crippen LogP contribution in [0.15, 0.2) is 4.52 Å². The number of carbonyl (C=O) groups excluding carboxylic acids is 1. The zero-order chi connectivity index (χ0) is 14.2. The number of hydrogen-bond acceptors (Lipinski definition) is 5. The standard InChI is InChI=1S/C15H22N4O2/c20-15(19-9-3-5-10-4-1-7-12(10)19)13-17-14(21-18-13)11-6-2-8-16-11/h10-12,16H,1-9H2. The summed E-state index contributed by atoms with van der Waals surface area (Å²) in [5, 5.41) is 7.25. The lowest BCUT2D eigenvalue weighted by Gasteiger charge is -2.37. The van der Waals surface area contributed by atoms with Crippen LogP contribution in [0.2, 0.25) is 0 Å². The van der Waals surface area contributed by atoms with Crippen LogP contribution in [0.3, 0.4) is 0 Å². The van der Waals surface area contributed by atoms with Gasteiger partial charge >= 0.3 is 0 Å². The maximum atomic E-state index is 12.7. The van der Waals surface area contributed by atoms with Crippen molar-refractivity contribution in [1.29, 1.82) is 0 Å². The lowest BCUT2D eigenvalue weighted by atomic mass is 9.92. The summed E-state index contributed by atoms with van der Waals surface area (Å²) in [6.07, 6.45) is 8.11. The monoisotopic (exact) mass is 290 g/mol. The predicted octanol–water partition coefficient (Wildman–Crippen LogP) is 1.90. The molecular weight excluding hydrogens is 268 g/mol. The summed E-state index contributed by atoms with van der Waals surface area (Å²) in [5.41, 5.74) is 0. The second-order valence-electron chi connectivity index (χ2n) is 6.50. The highest BCUT2D eigenvalue weighted by molar-refractivity contribution is 5.90. The minimum absolute atomic E-state index is 0.0420. The Morgan fingerprint density at radius 2 is 2.10 bits per heavy atom. The number of nitrogens with one attached hydrogen (secondary N) is 1. The van der Waals surface area contributed by atoms with Gasteiger partial charge in [0.1, 0.15) is 0 Å². The maximum Gasteiger partial charge on any atom is 0.295 e. The Kier molecular flexibility index (Phi) is 3.41. The fraction of sp³-hybridized carbons (Fsp3) is 0.800. The number of amides is 1. The van der Waals surface area contributed by atoms with E-state index in [0.717, 1.165) is 38.8 Å². The number of piperidine rings is 1. The average Bonchev–Trinajstić information content (AvgIpc) is 3.23. The van der Waals surface area contributed by atoms with Crippen LogP contribution in [0.5, 0.6) is 0 Å². The third kappa shape index (κ3) is 2.35. The van der Waals surface area contributed by atoms with Crippen molar-refractivity contribution in [1.82, 2.24) is 20.4 Å². The van der Waals surface area contributed by atoms with Crippen molar-refractivity contribution in [3.8, 4) is 0 Å². The Balaban J connectivity index is 1.51. The number of nitrogens with zero attached hydrogens (tertiary/aromatic N) is 3. The van der Waals surface area contributed by atoms with E-state index in [2.05, 4.69) is 15.5 Å². The molecule has 3 aliphatic rings. The molecule has 1 aliphatic carbocycles. The molecule has 2 saturated heterocycles. The largest absolute Gasteiger partial charge is 0.337 e. The van der Waals surface area contributed by atoms with Gasteiger partial charge in [-0.3, -0.25) is 4.79 Å². The highest BCUT2D eigenvalue weighted by atomic mass is 16.5. The second kappa shape index (κ2) is 5.40. The quantitative estimate of drug-likeness (QED) is 0.900. The molecule has 1 saturated carbocycles. The van der Waals surface area contributed by atoms with Crippen LogP contribution in [0.4, 0.5) is 0 Å². The lowest BCUT2D eigenvalue weighted by Crippen LogP contribution is -2.46. The molecule has 0 bridgehead atoms. The molecule has 3 atom stereocenters. The fourth-order valence-corrected chi connectivity index (χ4v) is 4.19. The minimum atomic E-state index is -0.0420. The lowest BCUT2D eigenvalue weighted by molar-refractivity contribution is 0.0532. The van der Waals surface area contributed by atoms with E-state index in [1.54, 1.807) is 0 Å². The molecular formula is C15H22N4O2. The number of carbonyl (C=O) groups is 1. The normalized spacial score (nSPS) is 32.4.